The van der Waals surface area contributed by atoms with Crippen LogP contribution in [0.3, 0.4) is 0 Å². The summed E-state index contributed by atoms with van der Waals surface area (Å²) in [6, 6.07) is 11.4. The number of rotatable bonds is 3. The minimum Gasteiger partial charge on any atom is -0.244 e. The minimum atomic E-state index is -0.251. The molecule has 0 amide bonds. The second kappa shape index (κ2) is 5.97. The molecule has 3 rings (SSSR count). The van der Waals surface area contributed by atoms with Gasteiger partial charge in [-0.15, -0.1) is 0 Å². The summed E-state index contributed by atoms with van der Waals surface area (Å²) in [5.41, 5.74) is 3.97. The van der Waals surface area contributed by atoms with Crippen molar-refractivity contribution in [2.45, 2.75) is 26.7 Å². The average Bonchev–Trinajstić information content (AvgIpc) is 3.22. The maximum absolute atomic E-state index is 12.6. The van der Waals surface area contributed by atoms with Gasteiger partial charge in [0.25, 0.3) is 0 Å². The van der Waals surface area contributed by atoms with Gasteiger partial charge in [0.1, 0.15) is 0 Å². The molecule has 0 saturated heterocycles. The van der Waals surface area contributed by atoms with Crippen LogP contribution in [-0.4, -0.2) is 25.6 Å². The molecule has 2 aromatic heterocycles. The molecule has 0 aliphatic carbocycles. The van der Waals surface area contributed by atoms with Gasteiger partial charge in [-0.3, -0.25) is 0 Å². The highest BCUT2D eigenvalue weighted by molar-refractivity contribution is 5.80. The molecule has 0 atom stereocenters. The van der Waals surface area contributed by atoms with Crippen molar-refractivity contribution in [2.24, 2.45) is 0 Å². The van der Waals surface area contributed by atoms with Crippen molar-refractivity contribution in [1.82, 2.24) is 19.6 Å². The summed E-state index contributed by atoms with van der Waals surface area (Å²) in [4.78, 5) is 12.6. The molecule has 22 heavy (non-hydrogen) atoms. The molecule has 3 aromatic rings. The van der Waals surface area contributed by atoms with E-state index in [0.29, 0.717) is 0 Å². The quantitative estimate of drug-likeness (QED) is 0.744. The third-order valence-corrected chi connectivity index (χ3v) is 3.71. The van der Waals surface area contributed by atoms with Crippen molar-refractivity contribution in [3.63, 3.8) is 0 Å². The third-order valence-electron chi connectivity index (χ3n) is 3.71. The van der Waals surface area contributed by atoms with Crippen molar-refractivity contribution in [3.8, 4) is 11.3 Å². The number of carbonyl (C=O) groups excluding carboxylic acids is 1. The lowest BCUT2D eigenvalue weighted by Crippen LogP contribution is -2.23. The van der Waals surface area contributed by atoms with Crippen LogP contribution in [0.15, 0.2) is 48.8 Å². The Bertz CT molecular complexity index is 773. The van der Waals surface area contributed by atoms with Crippen LogP contribution in [0.5, 0.6) is 0 Å². The molecule has 0 aliphatic heterocycles. The van der Waals surface area contributed by atoms with Gasteiger partial charge < -0.3 is 0 Å². The second-order valence-electron chi connectivity index (χ2n) is 4.99. The minimum absolute atomic E-state index is 0.251. The van der Waals surface area contributed by atoms with E-state index in [1.807, 2.05) is 37.3 Å². The smallest absolute Gasteiger partial charge is 0.244 e. The lowest BCUT2D eigenvalue weighted by molar-refractivity contribution is 0.237. The van der Waals surface area contributed by atoms with Crippen molar-refractivity contribution in [3.05, 3.63) is 60.0 Å². The highest BCUT2D eigenvalue weighted by Crippen LogP contribution is 2.26. The van der Waals surface area contributed by atoms with Crippen molar-refractivity contribution < 1.29 is 4.79 Å². The molecule has 112 valence electrons. The predicted octanol–water partition coefficient (Wildman–Crippen LogP) is 3.39. The first kappa shape index (κ1) is 14.3. The first-order chi connectivity index (χ1) is 10.8. The Morgan fingerprint density at radius 2 is 1.86 bits per heavy atom. The average molecular weight is 294 g/mol. The van der Waals surface area contributed by atoms with Gasteiger partial charge in [0, 0.05) is 23.5 Å². The molecule has 0 unspecified atom stereocenters. The summed E-state index contributed by atoms with van der Waals surface area (Å²) in [5.74, 6) is 0. The van der Waals surface area contributed by atoms with E-state index in [-0.39, 0.29) is 6.03 Å². The number of carbonyl (C=O) groups is 1. The maximum atomic E-state index is 12.6. The summed E-state index contributed by atoms with van der Waals surface area (Å²) in [6.07, 6.45) is 4.80. The van der Waals surface area contributed by atoms with Crippen molar-refractivity contribution >= 4 is 6.03 Å². The summed E-state index contributed by atoms with van der Waals surface area (Å²) in [6.45, 7) is 4.13. The topological polar surface area (TPSA) is 52.7 Å². The van der Waals surface area contributed by atoms with E-state index in [1.165, 1.54) is 9.36 Å². The Kier molecular flexibility index (Phi) is 3.87. The third kappa shape index (κ3) is 2.35. The molecule has 0 fully saturated rings. The molecule has 0 spiro atoms. The van der Waals surface area contributed by atoms with E-state index in [2.05, 4.69) is 17.1 Å². The SMILES string of the molecule is CCc1c(-c2ccccc2)nn(C(=O)n2cccn2)c1CC. The fourth-order valence-electron chi connectivity index (χ4n) is 2.69. The molecular weight excluding hydrogens is 276 g/mol. The second-order valence-corrected chi connectivity index (χ2v) is 4.99. The summed E-state index contributed by atoms with van der Waals surface area (Å²) in [5, 5.41) is 8.60. The van der Waals surface area contributed by atoms with E-state index in [0.717, 1.165) is 35.4 Å². The van der Waals surface area contributed by atoms with Gasteiger partial charge in [0.05, 0.1) is 11.4 Å². The Morgan fingerprint density at radius 1 is 1.09 bits per heavy atom. The van der Waals surface area contributed by atoms with Crippen LogP contribution >= 0.6 is 0 Å². The van der Waals surface area contributed by atoms with Crippen LogP contribution in [0.2, 0.25) is 0 Å². The summed E-state index contributed by atoms with van der Waals surface area (Å²) in [7, 11) is 0. The van der Waals surface area contributed by atoms with Crippen LogP contribution < -0.4 is 0 Å². The molecule has 0 bridgehead atoms. The summed E-state index contributed by atoms with van der Waals surface area (Å²) < 4.78 is 2.79. The van der Waals surface area contributed by atoms with Crippen LogP contribution in [0.25, 0.3) is 11.3 Å². The molecule has 0 aliphatic rings. The van der Waals surface area contributed by atoms with E-state index < -0.39 is 0 Å². The normalized spacial score (nSPS) is 10.8. The van der Waals surface area contributed by atoms with Crippen molar-refractivity contribution in [1.29, 1.82) is 0 Å². The molecule has 0 N–H and O–H groups in total. The molecule has 0 radical (unpaired) electrons. The molecule has 0 saturated carbocycles. The van der Waals surface area contributed by atoms with E-state index >= 15 is 0 Å². The van der Waals surface area contributed by atoms with E-state index in [4.69, 9.17) is 0 Å². The van der Waals surface area contributed by atoms with Crippen molar-refractivity contribution in [2.75, 3.05) is 0 Å². The van der Waals surface area contributed by atoms with Gasteiger partial charge in [-0.25, -0.2) is 4.79 Å². The highest BCUT2D eigenvalue weighted by atomic mass is 16.2. The first-order valence-corrected chi connectivity index (χ1v) is 7.46. The fourth-order valence-corrected chi connectivity index (χ4v) is 2.69. The fraction of sp³-hybridized carbons (Fsp3) is 0.235. The van der Waals surface area contributed by atoms with Crippen LogP contribution in [-0.2, 0) is 12.8 Å². The zero-order valence-electron chi connectivity index (χ0n) is 12.7. The number of aromatic nitrogens is 4. The van der Waals surface area contributed by atoms with Gasteiger partial charge in [0.15, 0.2) is 0 Å². The van der Waals surface area contributed by atoms with Gasteiger partial charge in [-0.2, -0.15) is 19.6 Å². The number of benzene rings is 1. The van der Waals surface area contributed by atoms with Gasteiger partial charge >= 0.3 is 6.03 Å². The Hall–Kier alpha value is -2.69. The Morgan fingerprint density at radius 3 is 2.45 bits per heavy atom. The standard InChI is InChI=1S/C17H18N4O/c1-3-14-15(4-2)21(17(22)20-12-8-11-18-20)19-16(14)13-9-6-5-7-10-13/h5-12H,3-4H2,1-2H3. The zero-order chi connectivity index (χ0) is 15.5. The zero-order valence-corrected chi connectivity index (χ0v) is 12.7. The predicted molar refractivity (Wildman–Crippen MR) is 84.8 cm³/mol. The van der Waals surface area contributed by atoms with E-state index in [1.54, 1.807) is 18.5 Å². The van der Waals surface area contributed by atoms with Gasteiger partial charge in [-0.1, -0.05) is 44.2 Å². The maximum Gasteiger partial charge on any atom is 0.369 e. The van der Waals surface area contributed by atoms with Crippen LogP contribution in [0.4, 0.5) is 4.79 Å². The van der Waals surface area contributed by atoms with Crippen LogP contribution in [0, 0.1) is 0 Å². The number of nitrogens with zero attached hydrogens (tertiary/aromatic N) is 4. The molecule has 5 nitrogen and oxygen atoms in total. The summed E-state index contributed by atoms with van der Waals surface area (Å²) >= 11 is 0. The molecule has 2 heterocycles. The molecule has 1 aromatic carbocycles. The highest BCUT2D eigenvalue weighted by Gasteiger charge is 2.21. The Labute approximate surface area is 129 Å². The number of hydrogen-bond acceptors (Lipinski definition) is 3. The lowest BCUT2D eigenvalue weighted by Gasteiger charge is -2.05. The Balaban J connectivity index is 2.16. The number of hydrogen-bond donors (Lipinski definition) is 0. The van der Waals surface area contributed by atoms with E-state index in [9.17, 15) is 4.79 Å². The monoisotopic (exact) mass is 294 g/mol. The van der Waals surface area contributed by atoms with Crippen LogP contribution in [0.1, 0.15) is 25.1 Å². The molecular formula is C17H18N4O. The van der Waals surface area contributed by atoms with Gasteiger partial charge in [0.2, 0.25) is 0 Å². The van der Waals surface area contributed by atoms with Gasteiger partial charge in [-0.05, 0) is 18.9 Å². The molecule has 5 heteroatoms. The largest absolute Gasteiger partial charge is 0.369 e. The first-order valence-electron chi connectivity index (χ1n) is 7.46. The lowest BCUT2D eigenvalue weighted by atomic mass is 10.0.